The van der Waals surface area contributed by atoms with Gasteiger partial charge in [0.2, 0.25) is 0 Å². The lowest BCUT2D eigenvalue weighted by Crippen LogP contribution is -2.44. The number of alkyl halides is 3. The third-order valence-electron chi connectivity index (χ3n) is 2.17. The number of rotatable bonds is 6. The number of likely N-dealkylation sites (N-methyl/N-ethyl adjacent to an activating group) is 1. The summed E-state index contributed by atoms with van der Waals surface area (Å²) in [6.07, 6.45) is -5.64. The average Bonchev–Trinajstić information content (AvgIpc) is 2.09. The summed E-state index contributed by atoms with van der Waals surface area (Å²) < 4.78 is 35.9. The first-order chi connectivity index (χ1) is 7.49. The number of halogens is 3. The molecule has 3 nitrogen and oxygen atoms in total. The molecular formula is C11H23F3N2O. The minimum atomic E-state index is -4.14. The zero-order chi connectivity index (χ0) is 13.7. The van der Waals surface area contributed by atoms with Crippen molar-refractivity contribution in [2.24, 2.45) is 0 Å². The van der Waals surface area contributed by atoms with E-state index in [1.165, 1.54) is 4.90 Å². The van der Waals surface area contributed by atoms with Crippen molar-refractivity contribution in [3.63, 3.8) is 0 Å². The lowest BCUT2D eigenvalue weighted by molar-refractivity contribution is -0.137. The molecule has 104 valence electrons. The molecule has 0 aliphatic heterocycles. The smallest absolute Gasteiger partial charge is 0.390 e. The van der Waals surface area contributed by atoms with Crippen LogP contribution in [0.4, 0.5) is 13.2 Å². The summed E-state index contributed by atoms with van der Waals surface area (Å²) in [5.41, 5.74) is -0.106. The monoisotopic (exact) mass is 256 g/mol. The number of hydrogen-bond donors (Lipinski definition) is 2. The Balaban J connectivity index is 3.77. The van der Waals surface area contributed by atoms with Gasteiger partial charge < -0.3 is 15.3 Å². The molecule has 0 saturated carbocycles. The molecular weight excluding hydrogens is 233 g/mol. The van der Waals surface area contributed by atoms with Crippen LogP contribution < -0.4 is 5.32 Å². The van der Waals surface area contributed by atoms with Gasteiger partial charge in [0.1, 0.15) is 0 Å². The van der Waals surface area contributed by atoms with Crippen LogP contribution in [0.25, 0.3) is 0 Å². The van der Waals surface area contributed by atoms with Gasteiger partial charge in [-0.3, -0.25) is 0 Å². The number of nitrogens with zero attached hydrogens (tertiary/aromatic N) is 1. The molecule has 0 aliphatic rings. The fraction of sp³-hybridized carbons (Fsp3) is 1.00. The molecule has 0 amide bonds. The standard InChI is InChI=1S/C11H23F3N2O/c1-10(2,3)15-7-9(17)8-16(4)6-5-11(12,13)14/h9,15,17H,5-8H2,1-4H3. The molecule has 2 N–H and O–H groups in total. The number of aliphatic hydroxyl groups excluding tert-OH is 1. The van der Waals surface area contributed by atoms with Crippen molar-refractivity contribution in [2.75, 3.05) is 26.7 Å². The molecule has 0 aliphatic carbocycles. The third kappa shape index (κ3) is 11.9. The average molecular weight is 256 g/mol. The molecule has 0 radical (unpaired) electrons. The second-order valence-corrected chi connectivity index (χ2v) is 5.41. The highest BCUT2D eigenvalue weighted by Crippen LogP contribution is 2.19. The van der Waals surface area contributed by atoms with Crippen LogP contribution in [0.5, 0.6) is 0 Å². The second-order valence-electron chi connectivity index (χ2n) is 5.41. The van der Waals surface area contributed by atoms with Gasteiger partial charge >= 0.3 is 6.18 Å². The van der Waals surface area contributed by atoms with Crippen molar-refractivity contribution in [1.29, 1.82) is 0 Å². The molecule has 0 bridgehead atoms. The summed E-state index contributed by atoms with van der Waals surface area (Å²) in [6.45, 7) is 6.42. The van der Waals surface area contributed by atoms with E-state index < -0.39 is 18.7 Å². The van der Waals surface area contributed by atoms with Gasteiger partial charge in [-0.05, 0) is 27.8 Å². The van der Waals surface area contributed by atoms with Gasteiger partial charge in [0, 0.05) is 25.2 Å². The van der Waals surface area contributed by atoms with Crippen LogP contribution in [-0.4, -0.2) is 54.5 Å². The molecule has 1 unspecified atom stereocenters. The molecule has 0 heterocycles. The first-order valence-corrected chi connectivity index (χ1v) is 5.68. The first kappa shape index (κ1) is 16.7. The van der Waals surface area contributed by atoms with Crippen molar-refractivity contribution < 1.29 is 18.3 Å². The molecule has 0 saturated heterocycles. The van der Waals surface area contributed by atoms with Crippen LogP contribution in [0.3, 0.4) is 0 Å². The summed E-state index contributed by atoms with van der Waals surface area (Å²) in [7, 11) is 1.58. The van der Waals surface area contributed by atoms with Crippen LogP contribution in [0.1, 0.15) is 27.2 Å². The minimum Gasteiger partial charge on any atom is -0.390 e. The van der Waals surface area contributed by atoms with Gasteiger partial charge in [-0.1, -0.05) is 0 Å². The highest BCUT2D eigenvalue weighted by molar-refractivity contribution is 4.74. The molecule has 0 fully saturated rings. The number of hydrogen-bond acceptors (Lipinski definition) is 3. The summed E-state index contributed by atoms with van der Waals surface area (Å²) in [6, 6.07) is 0. The maximum absolute atomic E-state index is 12.0. The lowest BCUT2D eigenvalue weighted by Gasteiger charge is -2.25. The SMILES string of the molecule is CN(CCC(F)(F)F)CC(O)CNC(C)(C)C. The molecule has 0 rings (SSSR count). The predicted octanol–water partition coefficient (Wildman–Crippen LogP) is 1.62. The van der Waals surface area contributed by atoms with E-state index in [1.54, 1.807) is 7.05 Å². The van der Waals surface area contributed by atoms with E-state index in [0.717, 1.165) is 0 Å². The highest BCUT2D eigenvalue weighted by atomic mass is 19.4. The van der Waals surface area contributed by atoms with E-state index in [4.69, 9.17) is 0 Å². The molecule has 0 aromatic carbocycles. The highest BCUT2D eigenvalue weighted by Gasteiger charge is 2.27. The summed E-state index contributed by atoms with van der Waals surface area (Å²) in [5, 5.41) is 12.7. The number of β-amino-alcohol motifs (C(OH)–C–C–N with tert-alkyl or cyclic N) is 1. The topological polar surface area (TPSA) is 35.5 Å². The van der Waals surface area contributed by atoms with Gasteiger partial charge in [-0.25, -0.2) is 0 Å². The van der Waals surface area contributed by atoms with Gasteiger partial charge in [-0.15, -0.1) is 0 Å². The Morgan fingerprint density at radius 3 is 2.18 bits per heavy atom. The molecule has 6 heteroatoms. The Bertz CT molecular complexity index is 192. The fourth-order valence-electron chi connectivity index (χ4n) is 1.26. The van der Waals surface area contributed by atoms with Crippen molar-refractivity contribution in [3.05, 3.63) is 0 Å². The van der Waals surface area contributed by atoms with Crippen LogP contribution in [-0.2, 0) is 0 Å². The second kappa shape index (κ2) is 6.56. The summed E-state index contributed by atoms with van der Waals surface area (Å²) in [5.74, 6) is 0. The van der Waals surface area contributed by atoms with Crippen molar-refractivity contribution in [1.82, 2.24) is 10.2 Å². The Kier molecular flexibility index (Phi) is 6.43. The molecule has 0 spiro atoms. The summed E-state index contributed by atoms with van der Waals surface area (Å²) >= 11 is 0. The number of aliphatic hydroxyl groups is 1. The third-order valence-corrected chi connectivity index (χ3v) is 2.17. The Morgan fingerprint density at radius 2 is 1.76 bits per heavy atom. The molecule has 0 aromatic heterocycles. The van der Waals surface area contributed by atoms with Crippen molar-refractivity contribution >= 4 is 0 Å². The quantitative estimate of drug-likeness (QED) is 0.758. The zero-order valence-electron chi connectivity index (χ0n) is 10.9. The maximum Gasteiger partial charge on any atom is 0.390 e. The largest absolute Gasteiger partial charge is 0.390 e. The number of nitrogens with one attached hydrogen (secondary N) is 1. The predicted molar refractivity (Wildman–Crippen MR) is 61.9 cm³/mol. The van der Waals surface area contributed by atoms with Gasteiger partial charge in [0.15, 0.2) is 0 Å². The molecule has 1 atom stereocenters. The fourth-order valence-corrected chi connectivity index (χ4v) is 1.26. The summed E-state index contributed by atoms with van der Waals surface area (Å²) in [4.78, 5) is 1.49. The van der Waals surface area contributed by atoms with Crippen molar-refractivity contribution in [3.8, 4) is 0 Å². The maximum atomic E-state index is 12.0. The van der Waals surface area contributed by atoms with Crippen molar-refractivity contribution in [2.45, 2.75) is 45.0 Å². The van der Waals surface area contributed by atoms with Gasteiger partial charge in [0.25, 0.3) is 0 Å². The lowest BCUT2D eigenvalue weighted by atomic mass is 10.1. The Hall–Kier alpha value is -0.330. The van der Waals surface area contributed by atoms with E-state index >= 15 is 0 Å². The molecule has 17 heavy (non-hydrogen) atoms. The van der Waals surface area contributed by atoms with E-state index in [9.17, 15) is 18.3 Å². The van der Waals surface area contributed by atoms with Crippen LogP contribution in [0, 0.1) is 0 Å². The Morgan fingerprint density at radius 1 is 1.24 bits per heavy atom. The van der Waals surface area contributed by atoms with Crippen LogP contribution in [0.2, 0.25) is 0 Å². The van der Waals surface area contributed by atoms with E-state index in [2.05, 4.69) is 5.32 Å². The van der Waals surface area contributed by atoms with Gasteiger partial charge in [-0.2, -0.15) is 13.2 Å². The van der Waals surface area contributed by atoms with E-state index in [0.29, 0.717) is 6.54 Å². The van der Waals surface area contributed by atoms with Crippen LogP contribution in [0.15, 0.2) is 0 Å². The Labute approximate surface area is 101 Å². The van der Waals surface area contributed by atoms with Gasteiger partial charge in [0.05, 0.1) is 12.5 Å². The van der Waals surface area contributed by atoms with E-state index in [-0.39, 0.29) is 18.6 Å². The zero-order valence-corrected chi connectivity index (χ0v) is 10.9. The first-order valence-electron chi connectivity index (χ1n) is 5.68. The normalized spacial score (nSPS) is 15.4. The van der Waals surface area contributed by atoms with Crippen LogP contribution >= 0.6 is 0 Å². The van der Waals surface area contributed by atoms with E-state index in [1.807, 2.05) is 20.8 Å². The minimum absolute atomic E-state index is 0.0872. The molecule has 0 aromatic rings.